The summed E-state index contributed by atoms with van der Waals surface area (Å²) < 4.78 is 12.9. The van der Waals surface area contributed by atoms with E-state index < -0.39 is 0 Å². The van der Waals surface area contributed by atoms with Crippen LogP contribution in [0.2, 0.25) is 0 Å². The molecule has 0 spiro atoms. The molecule has 0 saturated carbocycles. The predicted molar refractivity (Wildman–Crippen MR) is 209 cm³/mol. The maximum Gasteiger partial charge on any atom is 0.305 e. The quantitative estimate of drug-likeness (QED) is 0.0751. The number of hydrogen-bond donors (Lipinski definition) is 0. The van der Waals surface area contributed by atoms with Crippen molar-refractivity contribution in [1.82, 2.24) is 0 Å². The molecule has 0 aliphatic carbocycles. The lowest BCUT2D eigenvalue weighted by Crippen LogP contribution is -2.28. The van der Waals surface area contributed by atoms with E-state index in [4.69, 9.17) is 9.47 Å². The molecule has 0 N–H and O–H groups in total. The third-order valence-electron chi connectivity index (χ3n) is 10.7. The second kappa shape index (κ2) is 15.3. The zero-order valence-corrected chi connectivity index (χ0v) is 31.3. The molecule has 2 heterocycles. The fraction of sp³-hybridized carbons (Fsp3) is 0.400. The largest absolute Gasteiger partial charge is 0.466 e. The fourth-order valence-corrected chi connectivity index (χ4v) is 8.33. The Morgan fingerprint density at radius 2 is 1.29 bits per heavy atom. The Morgan fingerprint density at radius 3 is 1.94 bits per heavy atom. The summed E-state index contributed by atoms with van der Waals surface area (Å²) in [5, 5.41) is 5.06. The number of nitrogens with zero attached hydrogens (tertiary/aromatic N) is 2. The van der Waals surface area contributed by atoms with E-state index in [9.17, 15) is 9.59 Å². The monoisotopic (exact) mass is 685 g/mol. The van der Waals surface area contributed by atoms with Crippen molar-refractivity contribution in [3.8, 4) is 0 Å². The van der Waals surface area contributed by atoms with Crippen LogP contribution in [0.15, 0.2) is 96.7 Å². The highest BCUT2D eigenvalue weighted by Gasteiger charge is 2.45. The van der Waals surface area contributed by atoms with Crippen molar-refractivity contribution in [2.24, 2.45) is 0 Å². The van der Waals surface area contributed by atoms with Crippen LogP contribution in [0.5, 0.6) is 0 Å². The van der Waals surface area contributed by atoms with Crippen molar-refractivity contribution in [1.29, 1.82) is 0 Å². The SMILES string of the molecule is CCOC(=O)CCCCN1/C(=C\C=C\C2=[N+](CCCCC(=O)OCC)c3ccc4ccccc4c3C2(C)C)C(C)(C)c2c1ccc1ccccc21. The van der Waals surface area contributed by atoms with Gasteiger partial charge in [-0.05, 0) is 92.3 Å². The van der Waals surface area contributed by atoms with Crippen LogP contribution < -0.4 is 4.90 Å². The second-order valence-electron chi connectivity index (χ2n) is 14.7. The van der Waals surface area contributed by atoms with Crippen LogP contribution in [0, 0.1) is 0 Å². The lowest BCUT2D eigenvalue weighted by Gasteiger charge is -2.27. The van der Waals surface area contributed by atoms with Gasteiger partial charge in [0, 0.05) is 60.3 Å². The first-order valence-electron chi connectivity index (χ1n) is 18.8. The van der Waals surface area contributed by atoms with Gasteiger partial charge >= 0.3 is 11.9 Å². The van der Waals surface area contributed by atoms with Crippen LogP contribution in [-0.4, -0.2) is 48.5 Å². The van der Waals surface area contributed by atoms with Gasteiger partial charge in [-0.25, -0.2) is 0 Å². The average molecular weight is 686 g/mol. The van der Waals surface area contributed by atoms with Gasteiger partial charge in [-0.1, -0.05) is 74.5 Å². The van der Waals surface area contributed by atoms with Crippen molar-refractivity contribution in [3.05, 3.63) is 108 Å². The van der Waals surface area contributed by atoms with E-state index in [1.165, 1.54) is 55.5 Å². The van der Waals surface area contributed by atoms with Gasteiger partial charge in [0.25, 0.3) is 0 Å². The Bertz CT molecular complexity index is 2030. The molecule has 0 unspecified atom stereocenters. The molecule has 4 aromatic carbocycles. The van der Waals surface area contributed by atoms with Gasteiger partial charge in [-0.3, -0.25) is 9.59 Å². The number of carbonyl (C=O) groups is 2. The summed E-state index contributed by atoms with van der Waals surface area (Å²) in [6, 6.07) is 26.3. The molecular formula is C45H53N2O4+. The third kappa shape index (κ3) is 7.11. The van der Waals surface area contributed by atoms with Crippen LogP contribution in [0.3, 0.4) is 0 Å². The molecule has 6 rings (SSSR count). The summed E-state index contributed by atoms with van der Waals surface area (Å²) in [6.45, 7) is 15.5. The molecule has 0 radical (unpaired) electrons. The summed E-state index contributed by atoms with van der Waals surface area (Å²) >= 11 is 0. The fourth-order valence-electron chi connectivity index (χ4n) is 8.33. The number of esters is 2. The highest BCUT2D eigenvalue weighted by Crippen LogP contribution is 2.51. The number of allylic oxidation sites excluding steroid dienone is 4. The molecular weight excluding hydrogens is 633 g/mol. The molecule has 6 heteroatoms. The summed E-state index contributed by atoms with van der Waals surface area (Å²) in [4.78, 5) is 26.7. The molecule has 2 aliphatic rings. The van der Waals surface area contributed by atoms with Crippen LogP contribution in [-0.2, 0) is 29.9 Å². The highest BCUT2D eigenvalue weighted by molar-refractivity contribution is 6.07. The van der Waals surface area contributed by atoms with E-state index in [1.54, 1.807) is 0 Å². The molecule has 0 amide bonds. The van der Waals surface area contributed by atoms with Crippen molar-refractivity contribution < 1.29 is 23.6 Å². The Morgan fingerprint density at radius 1 is 0.706 bits per heavy atom. The smallest absolute Gasteiger partial charge is 0.305 e. The minimum absolute atomic E-state index is 0.125. The van der Waals surface area contributed by atoms with E-state index in [-0.39, 0.29) is 22.8 Å². The molecule has 6 nitrogen and oxygen atoms in total. The summed E-state index contributed by atoms with van der Waals surface area (Å²) in [5.41, 5.74) is 7.22. The molecule has 0 aromatic heterocycles. The Kier molecular flexibility index (Phi) is 10.8. The maximum absolute atomic E-state index is 12.1. The van der Waals surface area contributed by atoms with Gasteiger partial charge in [0.15, 0.2) is 5.71 Å². The number of rotatable bonds is 14. The van der Waals surface area contributed by atoms with E-state index in [0.717, 1.165) is 38.8 Å². The first-order chi connectivity index (χ1) is 24.6. The molecule has 0 saturated heterocycles. The minimum atomic E-state index is -0.233. The summed E-state index contributed by atoms with van der Waals surface area (Å²) in [5.74, 6) is -0.250. The van der Waals surface area contributed by atoms with Gasteiger partial charge in [0.1, 0.15) is 6.54 Å². The average Bonchev–Trinajstić information content (AvgIpc) is 3.47. The van der Waals surface area contributed by atoms with Crippen LogP contribution >= 0.6 is 0 Å². The van der Waals surface area contributed by atoms with Crippen LogP contribution in [0.4, 0.5) is 11.4 Å². The van der Waals surface area contributed by atoms with Crippen LogP contribution in [0.1, 0.15) is 91.2 Å². The number of fused-ring (bicyclic) bond motifs is 6. The summed E-state index contributed by atoms with van der Waals surface area (Å²) in [6.07, 6.45) is 11.1. The van der Waals surface area contributed by atoms with Crippen molar-refractivity contribution in [2.75, 3.05) is 31.2 Å². The number of unbranched alkanes of at least 4 members (excludes halogenated alkanes) is 2. The van der Waals surface area contributed by atoms with Gasteiger partial charge in [0.05, 0.1) is 18.6 Å². The van der Waals surface area contributed by atoms with E-state index in [0.29, 0.717) is 26.1 Å². The number of carbonyl (C=O) groups excluding carboxylic acids is 2. The Balaban J connectivity index is 1.37. The van der Waals surface area contributed by atoms with Crippen LogP contribution in [0.25, 0.3) is 21.5 Å². The summed E-state index contributed by atoms with van der Waals surface area (Å²) in [7, 11) is 0. The zero-order valence-electron chi connectivity index (χ0n) is 31.3. The topological polar surface area (TPSA) is 58.8 Å². The van der Waals surface area contributed by atoms with Gasteiger partial charge in [-0.15, -0.1) is 0 Å². The highest BCUT2D eigenvalue weighted by atomic mass is 16.5. The Labute approximate surface area is 303 Å². The van der Waals surface area contributed by atoms with Gasteiger partial charge in [0.2, 0.25) is 5.69 Å². The lowest BCUT2D eigenvalue weighted by molar-refractivity contribution is -0.438. The van der Waals surface area contributed by atoms with E-state index >= 15 is 0 Å². The number of anilines is 1. The van der Waals surface area contributed by atoms with Gasteiger partial charge < -0.3 is 14.4 Å². The zero-order chi connectivity index (χ0) is 36.2. The number of ether oxygens (including phenoxy) is 2. The molecule has 2 aliphatic heterocycles. The van der Waals surface area contributed by atoms with Crippen molar-refractivity contribution in [2.45, 2.75) is 90.9 Å². The number of benzene rings is 4. The van der Waals surface area contributed by atoms with E-state index in [2.05, 4.69) is 128 Å². The molecule has 0 atom stereocenters. The minimum Gasteiger partial charge on any atom is -0.466 e. The molecule has 51 heavy (non-hydrogen) atoms. The lowest BCUT2D eigenvalue weighted by atomic mass is 9.79. The first kappa shape index (κ1) is 36.1. The molecule has 0 fully saturated rings. The first-order valence-corrected chi connectivity index (χ1v) is 18.8. The standard InChI is InChI=1S/C45H53N2O4/c1-7-50-40(48)24-13-15-30-46-36-28-26-32-18-9-11-20-34(32)42(36)44(3,4)38(46)22-17-23-39-45(5,6)43-35-21-12-10-19-33(35)27-29-37(43)47(39)31-16-14-25-41(49)51-8-2/h9-12,17-23,26-29H,7-8,13-16,24-25,30-31H2,1-6H3/q+1. The van der Waals surface area contributed by atoms with E-state index in [1.807, 2.05) is 13.8 Å². The van der Waals surface area contributed by atoms with Crippen molar-refractivity contribution >= 4 is 50.6 Å². The molecule has 0 bridgehead atoms. The normalized spacial score (nSPS) is 16.7. The predicted octanol–water partition coefficient (Wildman–Crippen LogP) is 10.1. The van der Waals surface area contributed by atoms with Gasteiger partial charge in [-0.2, -0.15) is 4.58 Å². The Hall–Kier alpha value is -4.71. The number of hydrogen-bond acceptors (Lipinski definition) is 5. The van der Waals surface area contributed by atoms with Crippen molar-refractivity contribution in [3.63, 3.8) is 0 Å². The molecule has 4 aromatic rings. The maximum atomic E-state index is 12.1. The molecule has 266 valence electrons. The second-order valence-corrected chi connectivity index (χ2v) is 14.7. The third-order valence-corrected chi connectivity index (χ3v) is 10.7.